The van der Waals surface area contributed by atoms with Gasteiger partial charge in [0.05, 0.1) is 29.2 Å². The third kappa shape index (κ3) is 2.96. The second-order valence-electron chi connectivity index (χ2n) is 7.06. The van der Waals surface area contributed by atoms with Crippen LogP contribution in [0.3, 0.4) is 0 Å². The number of fused-ring (bicyclic) bond motifs is 4. The van der Waals surface area contributed by atoms with E-state index in [-0.39, 0.29) is 29.5 Å². The van der Waals surface area contributed by atoms with Crippen LogP contribution in [0.4, 0.5) is 0 Å². The zero-order chi connectivity index (χ0) is 18.3. The van der Waals surface area contributed by atoms with Gasteiger partial charge in [-0.2, -0.15) is 0 Å². The number of benzene rings is 1. The maximum absolute atomic E-state index is 13.0. The molecule has 3 fully saturated rings. The fourth-order valence-electron chi connectivity index (χ4n) is 3.91. The quantitative estimate of drug-likeness (QED) is 0.899. The van der Waals surface area contributed by atoms with Crippen LogP contribution in [0.1, 0.15) is 34.5 Å². The van der Waals surface area contributed by atoms with Crippen molar-refractivity contribution in [3.05, 3.63) is 45.9 Å². The zero-order valence-electron chi connectivity index (χ0n) is 14.6. The van der Waals surface area contributed by atoms with E-state index >= 15 is 0 Å². The van der Waals surface area contributed by atoms with Gasteiger partial charge in [0.15, 0.2) is 0 Å². The number of amides is 2. The first-order valence-corrected chi connectivity index (χ1v) is 9.74. The minimum absolute atomic E-state index is 0.00106. The van der Waals surface area contributed by atoms with Crippen LogP contribution >= 0.6 is 11.3 Å². The zero-order valence-corrected chi connectivity index (χ0v) is 15.4. The largest absolute Gasteiger partial charge is 0.507 e. The van der Waals surface area contributed by atoms with Crippen molar-refractivity contribution in [3.63, 3.8) is 0 Å². The summed E-state index contributed by atoms with van der Waals surface area (Å²) in [6.07, 6.45) is 1.70. The molecular formula is C19H21N3O3S. The van der Waals surface area contributed by atoms with Crippen molar-refractivity contribution >= 4 is 23.2 Å². The average Bonchev–Trinajstić information content (AvgIpc) is 3.00. The lowest BCUT2D eigenvalue weighted by atomic mass is 9.94. The topological polar surface area (TPSA) is 73.7 Å². The van der Waals surface area contributed by atoms with Crippen molar-refractivity contribution in [2.75, 3.05) is 13.1 Å². The lowest BCUT2D eigenvalue weighted by Crippen LogP contribution is -2.47. The Morgan fingerprint density at radius 1 is 1.35 bits per heavy atom. The number of aryl methyl sites for hydroxylation is 1. The van der Waals surface area contributed by atoms with Crippen LogP contribution in [-0.4, -0.2) is 50.8 Å². The molecular weight excluding hydrogens is 350 g/mol. The number of carbonyl (C=O) groups excluding carboxylic acids is 2. The fourth-order valence-corrected chi connectivity index (χ4v) is 4.46. The van der Waals surface area contributed by atoms with E-state index in [9.17, 15) is 14.7 Å². The highest BCUT2D eigenvalue weighted by Gasteiger charge is 2.42. The first-order valence-electron chi connectivity index (χ1n) is 8.80. The second-order valence-corrected chi connectivity index (χ2v) is 7.77. The summed E-state index contributed by atoms with van der Waals surface area (Å²) in [6.45, 7) is 3.19. The molecule has 7 heteroatoms. The summed E-state index contributed by atoms with van der Waals surface area (Å²) >= 11 is 1.52. The molecule has 5 rings (SSSR count). The van der Waals surface area contributed by atoms with E-state index in [0.29, 0.717) is 30.8 Å². The number of phenolic OH excluding ortho intramolecular Hbond substituents is 1. The molecule has 1 aromatic heterocycles. The van der Waals surface area contributed by atoms with Crippen LogP contribution in [0.25, 0.3) is 0 Å². The Bertz CT molecular complexity index is 837. The molecule has 4 heterocycles. The van der Waals surface area contributed by atoms with Gasteiger partial charge in [0.25, 0.3) is 5.91 Å². The van der Waals surface area contributed by atoms with E-state index < -0.39 is 0 Å². The third-order valence-electron chi connectivity index (χ3n) is 5.36. The molecule has 136 valence electrons. The Morgan fingerprint density at radius 2 is 2.19 bits per heavy atom. The SMILES string of the molecule is Cc1cccc(C(=O)N2C[C@H]3CC[C@@H](C2)N(Cc2cscn2)C3=O)c1O. The molecule has 2 bridgehead atoms. The first-order chi connectivity index (χ1) is 12.5. The molecule has 0 spiro atoms. The number of para-hydroxylation sites is 1. The summed E-state index contributed by atoms with van der Waals surface area (Å²) in [7, 11) is 0. The van der Waals surface area contributed by atoms with Gasteiger partial charge in [-0.1, -0.05) is 12.1 Å². The number of aromatic nitrogens is 1. The van der Waals surface area contributed by atoms with Gasteiger partial charge in [0, 0.05) is 24.5 Å². The van der Waals surface area contributed by atoms with E-state index in [1.54, 1.807) is 35.5 Å². The average molecular weight is 371 g/mol. The minimum atomic E-state index is -0.202. The Balaban J connectivity index is 1.58. The van der Waals surface area contributed by atoms with Gasteiger partial charge < -0.3 is 14.9 Å². The summed E-state index contributed by atoms with van der Waals surface area (Å²) in [5.74, 6) is -0.243. The molecule has 2 aromatic rings. The van der Waals surface area contributed by atoms with Crippen LogP contribution in [0, 0.1) is 12.8 Å². The molecule has 3 aliphatic heterocycles. The highest BCUT2D eigenvalue weighted by atomic mass is 32.1. The molecule has 1 N–H and O–H groups in total. The second kappa shape index (κ2) is 6.72. The molecule has 26 heavy (non-hydrogen) atoms. The van der Waals surface area contributed by atoms with Crippen LogP contribution in [0.2, 0.25) is 0 Å². The molecule has 3 saturated heterocycles. The minimum Gasteiger partial charge on any atom is -0.507 e. The van der Waals surface area contributed by atoms with Gasteiger partial charge in [-0.25, -0.2) is 4.98 Å². The molecule has 2 atom stereocenters. The van der Waals surface area contributed by atoms with Gasteiger partial charge in [0.2, 0.25) is 5.91 Å². The monoisotopic (exact) mass is 371 g/mol. The number of phenols is 1. The number of thiazole rings is 1. The highest BCUT2D eigenvalue weighted by Crippen LogP contribution is 2.32. The smallest absolute Gasteiger partial charge is 0.257 e. The van der Waals surface area contributed by atoms with E-state index in [2.05, 4.69) is 4.98 Å². The standard InChI is InChI=1S/C19H21N3O3S/c1-12-3-2-4-16(17(12)23)19(25)21-7-13-5-6-15(9-21)22(18(13)24)8-14-10-26-11-20-14/h2-4,10-11,13,15,23H,5-9H2,1H3/t13-,15+/m1/s1. The number of rotatable bonds is 3. The summed E-state index contributed by atoms with van der Waals surface area (Å²) in [5, 5.41) is 12.2. The Kier molecular flexibility index (Phi) is 4.40. The highest BCUT2D eigenvalue weighted by molar-refractivity contribution is 7.07. The maximum atomic E-state index is 13.0. The van der Waals surface area contributed by atoms with E-state index in [4.69, 9.17) is 0 Å². The molecule has 0 saturated carbocycles. The first kappa shape index (κ1) is 17.0. The van der Waals surface area contributed by atoms with Gasteiger partial charge in [-0.3, -0.25) is 9.59 Å². The van der Waals surface area contributed by atoms with Crippen LogP contribution in [0.5, 0.6) is 5.75 Å². The van der Waals surface area contributed by atoms with Gasteiger partial charge in [-0.05, 0) is 31.4 Å². The molecule has 0 aliphatic carbocycles. The number of piperidine rings is 1. The van der Waals surface area contributed by atoms with Crippen molar-refractivity contribution < 1.29 is 14.7 Å². The van der Waals surface area contributed by atoms with Crippen molar-refractivity contribution in [2.24, 2.45) is 5.92 Å². The predicted molar refractivity (Wildman–Crippen MR) is 97.9 cm³/mol. The number of nitrogens with zero attached hydrogens (tertiary/aromatic N) is 3. The molecule has 3 aliphatic rings. The van der Waals surface area contributed by atoms with Crippen molar-refractivity contribution in [2.45, 2.75) is 32.4 Å². The van der Waals surface area contributed by atoms with Crippen molar-refractivity contribution in [1.82, 2.24) is 14.8 Å². The van der Waals surface area contributed by atoms with Crippen molar-refractivity contribution in [1.29, 1.82) is 0 Å². The third-order valence-corrected chi connectivity index (χ3v) is 6.00. The maximum Gasteiger partial charge on any atom is 0.257 e. The Morgan fingerprint density at radius 3 is 2.96 bits per heavy atom. The van der Waals surface area contributed by atoms with Crippen molar-refractivity contribution in [3.8, 4) is 5.75 Å². The normalized spacial score (nSPS) is 22.6. The van der Waals surface area contributed by atoms with Crippen LogP contribution < -0.4 is 0 Å². The van der Waals surface area contributed by atoms with Crippen LogP contribution in [-0.2, 0) is 11.3 Å². The van der Waals surface area contributed by atoms with Gasteiger partial charge >= 0.3 is 0 Å². The molecule has 0 radical (unpaired) electrons. The number of carbonyl (C=O) groups is 2. The Labute approximate surface area is 156 Å². The molecule has 6 nitrogen and oxygen atoms in total. The van der Waals surface area contributed by atoms with Gasteiger partial charge in [-0.15, -0.1) is 11.3 Å². The van der Waals surface area contributed by atoms with E-state index in [0.717, 1.165) is 18.5 Å². The van der Waals surface area contributed by atoms with E-state index in [1.807, 2.05) is 10.3 Å². The molecule has 0 unspecified atom stereocenters. The fraction of sp³-hybridized carbons (Fsp3) is 0.421. The number of aromatic hydroxyl groups is 1. The van der Waals surface area contributed by atoms with E-state index in [1.165, 1.54) is 11.3 Å². The lowest BCUT2D eigenvalue weighted by Gasteiger charge is -2.35. The molecule has 1 aromatic carbocycles. The summed E-state index contributed by atoms with van der Waals surface area (Å²) in [4.78, 5) is 33.8. The van der Waals surface area contributed by atoms with Crippen LogP contribution in [0.15, 0.2) is 29.1 Å². The Hall–Kier alpha value is -2.41. The summed E-state index contributed by atoms with van der Waals surface area (Å²) in [5.41, 5.74) is 3.65. The molecule has 2 amide bonds. The number of hydrogen-bond donors (Lipinski definition) is 1. The summed E-state index contributed by atoms with van der Waals surface area (Å²) < 4.78 is 0. The predicted octanol–water partition coefficient (Wildman–Crippen LogP) is 2.42. The summed E-state index contributed by atoms with van der Waals surface area (Å²) in [6, 6.07) is 5.19. The van der Waals surface area contributed by atoms with Gasteiger partial charge in [0.1, 0.15) is 5.75 Å². The lowest BCUT2D eigenvalue weighted by molar-refractivity contribution is -0.140. The number of hydrogen-bond acceptors (Lipinski definition) is 5.